The second-order valence-electron chi connectivity index (χ2n) is 4.82. The van der Waals surface area contributed by atoms with Gasteiger partial charge >= 0.3 is 6.18 Å². The number of para-hydroxylation sites is 2. The molecule has 5 nitrogen and oxygen atoms in total. The molecule has 0 atom stereocenters. The lowest BCUT2D eigenvalue weighted by Crippen LogP contribution is -2.09. The highest BCUT2D eigenvalue weighted by atomic mass is 19.4. The quantitative estimate of drug-likeness (QED) is 0.743. The van der Waals surface area contributed by atoms with Crippen LogP contribution in [0.4, 0.5) is 36.3 Å². The van der Waals surface area contributed by atoms with E-state index in [1.54, 1.807) is 0 Å². The van der Waals surface area contributed by atoms with Crippen molar-refractivity contribution < 1.29 is 13.2 Å². The molecule has 0 aliphatic heterocycles. The van der Waals surface area contributed by atoms with Gasteiger partial charge in [0.2, 0.25) is 5.95 Å². The van der Waals surface area contributed by atoms with Gasteiger partial charge in [0.1, 0.15) is 0 Å². The monoisotopic (exact) mass is 331 g/mol. The van der Waals surface area contributed by atoms with Gasteiger partial charge < -0.3 is 10.6 Å². The second kappa shape index (κ2) is 6.53. The molecule has 0 fully saturated rings. The minimum Gasteiger partial charge on any atom is -0.338 e. The molecule has 0 bridgehead atoms. The molecule has 0 aliphatic rings. The predicted octanol–water partition coefficient (Wildman–Crippen LogP) is 4.38. The number of alkyl halides is 3. The molecule has 0 radical (unpaired) electrons. The molecular formula is C16H12F3N5. The number of rotatable bonds is 4. The summed E-state index contributed by atoms with van der Waals surface area (Å²) in [7, 11) is 0. The number of halogens is 3. The third-order valence-electron chi connectivity index (χ3n) is 3.08. The minimum absolute atomic E-state index is 0.101. The summed E-state index contributed by atoms with van der Waals surface area (Å²) in [5, 5.41) is 13.1. The van der Waals surface area contributed by atoms with Crippen molar-refractivity contribution in [1.29, 1.82) is 0 Å². The standard InChI is InChI=1S/C16H12F3N5/c17-16(18,19)12-8-4-5-9-13(12)22-14-10-20-24-15(23-14)21-11-6-2-1-3-7-11/h1-10H,(H2,21,22,23,24). The first-order chi connectivity index (χ1) is 11.5. The van der Waals surface area contributed by atoms with Crippen molar-refractivity contribution in [3.63, 3.8) is 0 Å². The number of benzene rings is 2. The van der Waals surface area contributed by atoms with Crippen LogP contribution in [0.5, 0.6) is 0 Å². The molecule has 3 rings (SSSR count). The number of hydrogen-bond acceptors (Lipinski definition) is 5. The summed E-state index contributed by atoms with van der Waals surface area (Å²) in [4.78, 5) is 4.12. The molecule has 2 N–H and O–H groups in total. The highest BCUT2D eigenvalue weighted by molar-refractivity contribution is 5.62. The van der Waals surface area contributed by atoms with Crippen LogP contribution in [-0.2, 0) is 6.18 Å². The van der Waals surface area contributed by atoms with E-state index in [1.165, 1.54) is 24.4 Å². The lowest BCUT2D eigenvalue weighted by atomic mass is 10.1. The maximum absolute atomic E-state index is 13.0. The normalized spacial score (nSPS) is 11.1. The third-order valence-corrected chi connectivity index (χ3v) is 3.08. The molecule has 0 saturated carbocycles. The Bertz CT molecular complexity index is 821. The molecule has 24 heavy (non-hydrogen) atoms. The van der Waals surface area contributed by atoms with E-state index in [2.05, 4.69) is 25.8 Å². The number of anilines is 4. The first-order valence-electron chi connectivity index (χ1n) is 6.97. The Hall–Kier alpha value is -3.16. The van der Waals surface area contributed by atoms with Gasteiger partial charge in [0.05, 0.1) is 17.4 Å². The average Bonchev–Trinajstić information content (AvgIpc) is 2.56. The Kier molecular flexibility index (Phi) is 4.28. The summed E-state index contributed by atoms with van der Waals surface area (Å²) in [5.74, 6) is 0.329. The summed E-state index contributed by atoms with van der Waals surface area (Å²) in [6.45, 7) is 0. The summed E-state index contributed by atoms with van der Waals surface area (Å²) < 4.78 is 39.1. The topological polar surface area (TPSA) is 62.7 Å². The fourth-order valence-corrected chi connectivity index (χ4v) is 2.04. The van der Waals surface area contributed by atoms with Gasteiger partial charge in [0, 0.05) is 5.69 Å². The van der Waals surface area contributed by atoms with E-state index >= 15 is 0 Å². The molecule has 0 spiro atoms. The average molecular weight is 331 g/mol. The van der Waals surface area contributed by atoms with E-state index in [1.807, 2.05) is 30.3 Å². The van der Waals surface area contributed by atoms with Gasteiger partial charge in [-0.3, -0.25) is 0 Å². The van der Waals surface area contributed by atoms with E-state index in [9.17, 15) is 13.2 Å². The van der Waals surface area contributed by atoms with Gasteiger partial charge in [-0.2, -0.15) is 23.3 Å². The van der Waals surface area contributed by atoms with Crippen LogP contribution in [0.1, 0.15) is 5.56 Å². The molecule has 1 aromatic heterocycles. The largest absolute Gasteiger partial charge is 0.418 e. The molecule has 0 amide bonds. The molecule has 3 aromatic rings. The third kappa shape index (κ3) is 3.78. The van der Waals surface area contributed by atoms with Crippen LogP contribution in [0.3, 0.4) is 0 Å². The fourth-order valence-electron chi connectivity index (χ4n) is 2.04. The summed E-state index contributed by atoms with van der Waals surface area (Å²) in [6.07, 6.45) is -3.21. The first-order valence-corrected chi connectivity index (χ1v) is 6.97. The van der Waals surface area contributed by atoms with E-state index in [0.29, 0.717) is 0 Å². The number of hydrogen-bond donors (Lipinski definition) is 2. The summed E-state index contributed by atoms with van der Waals surface area (Å²) in [6, 6.07) is 14.3. The lowest BCUT2D eigenvalue weighted by molar-refractivity contribution is -0.136. The number of aromatic nitrogens is 3. The maximum atomic E-state index is 13.0. The van der Waals surface area contributed by atoms with Crippen LogP contribution in [0, 0.1) is 0 Å². The van der Waals surface area contributed by atoms with Crippen molar-refractivity contribution in [2.24, 2.45) is 0 Å². The van der Waals surface area contributed by atoms with Crippen LogP contribution >= 0.6 is 0 Å². The molecule has 0 unspecified atom stereocenters. The van der Waals surface area contributed by atoms with Gasteiger partial charge in [0.15, 0.2) is 5.82 Å². The molecule has 0 aliphatic carbocycles. The van der Waals surface area contributed by atoms with Gasteiger partial charge in [-0.1, -0.05) is 30.3 Å². The van der Waals surface area contributed by atoms with Crippen LogP contribution < -0.4 is 10.6 Å². The van der Waals surface area contributed by atoms with Gasteiger partial charge in [0.25, 0.3) is 0 Å². The number of nitrogens with zero attached hydrogens (tertiary/aromatic N) is 3. The van der Waals surface area contributed by atoms with Crippen LogP contribution in [0.25, 0.3) is 0 Å². The van der Waals surface area contributed by atoms with Crippen LogP contribution in [-0.4, -0.2) is 15.2 Å². The Morgan fingerprint density at radius 3 is 2.29 bits per heavy atom. The van der Waals surface area contributed by atoms with Crippen molar-refractivity contribution in [3.8, 4) is 0 Å². The molecule has 0 saturated heterocycles. The van der Waals surface area contributed by atoms with Crippen molar-refractivity contribution in [3.05, 3.63) is 66.4 Å². The first kappa shape index (κ1) is 15.7. The van der Waals surface area contributed by atoms with Crippen LogP contribution in [0.15, 0.2) is 60.8 Å². The predicted molar refractivity (Wildman–Crippen MR) is 84.3 cm³/mol. The van der Waals surface area contributed by atoms with E-state index in [4.69, 9.17) is 0 Å². The highest BCUT2D eigenvalue weighted by Crippen LogP contribution is 2.35. The Balaban J connectivity index is 1.83. The van der Waals surface area contributed by atoms with Crippen molar-refractivity contribution in [2.75, 3.05) is 10.6 Å². The molecular weight excluding hydrogens is 319 g/mol. The zero-order chi connectivity index (χ0) is 17.0. The van der Waals surface area contributed by atoms with Gasteiger partial charge in [-0.15, -0.1) is 5.10 Å². The second-order valence-corrected chi connectivity index (χ2v) is 4.82. The SMILES string of the molecule is FC(F)(F)c1ccccc1Nc1cnnc(Nc2ccccc2)n1. The fraction of sp³-hybridized carbons (Fsp3) is 0.0625. The number of nitrogens with one attached hydrogen (secondary N) is 2. The van der Waals surface area contributed by atoms with Crippen molar-refractivity contribution in [2.45, 2.75) is 6.18 Å². The van der Waals surface area contributed by atoms with Crippen molar-refractivity contribution >= 4 is 23.1 Å². The highest BCUT2D eigenvalue weighted by Gasteiger charge is 2.33. The van der Waals surface area contributed by atoms with Gasteiger partial charge in [-0.25, -0.2) is 0 Å². The molecule has 122 valence electrons. The van der Waals surface area contributed by atoms with Crippen LogP contribution in [0.2, 0.25) is 0 Å². The zero-order valence-electron chi connectivity index (χ0n) is 12.2. The zero-order valence-corrected chi connectivity index (χ0v) is 12.2. The van der Waals surface area contributed by atoms with Crippen molar-refractivity contribution in [1.82, 2.24) is 15.2 Å². The Labute approximate surface area is 135 Å². The van der Waals surface area contributed by atoms with E-state index in [0.717, 1.165) is 11.8 Å². The molecule has 8 heteroatoms. The van der Waals surface area contributed by atoms with E-state index in [-0.39, 0.29) is 17.5 Å². The summed E-state index contributed by atoms with van der Waals surface area (Å²) in [5.41, 5.74) is -0.135. The molecule has 2 aromatic carbocycles. The minimum atomic E-state index is -4.46. The van der Waals surface area contributed by atoms with E-state index < -0.39 is 11.7 Å². The smallest absolute Gasteiger partial charge is 0.338 e. The van der Waals surface area contributed by atoms with Gasteiger partial charge in [-0.05, 0) is 24.3 Å². The Morgan fingerprint density at radius 2 is 1.54 bits per heavy atom. The Morgan fingerprint density at radius 1 is 0.833 bits per heavy atom. The maximum Gasteiger partial charge on any atom is 0.418 e. The lowest BCUT2D eigenvalue weighted by Gasteiger charge is -2.14. The molecule has 1 heterocycles. The summed E-state index contributed by atoms with van der Waals surface area (Å²) >= 11 is 0.